The average Bonchev–Trinajstić information content (AvgIpc) is 2.39. The van der Waals surface area contributed by atoms with Crippen molar-refractivity contribution in [3.8, 4) is 0 Å². The molecule has 0 aliphatic carbocycles. The van der Waals surface area contributed by atoms with Crippen LogP contribution in [0.4, 0.5) is 0 Å². The molecule has 0 saturated carbocycles. The van der Waals surface area contributed by atoms with Crippen LogP contribution in [-0.4, -0.2) is 36.1 Å². The van der Waals surface area contributed by atoms with Gasteiger partial charge in [-0.1, -0.05) is 37.3 Å². The monoisotopic (exact) mass is 264 g/mol. The Morgan fingerprint density at radius 2 is 1.95 bits per heavy atom. The highest BCUT2D eigenvalue weighted by Gasteiger charge is 2.19. The Morgan fingerprint density at radius 3 is 2.53 bits per heavy atom. The molecule has 0 radical (unpaired) electrons. The molecule has 104 valence electrons. The van der Waals surface area contributed by atoms with E-state index in [1.54, 1.807) is 0 Å². The van der Waals surface area contributed by atoms with E-state index in [2.05, 4.69) is 10.6 Å². The van der Waals surface area contributed by atoms with Gasteiger partial charge in [-0.2, -0.15) is 0 Å². The van der Waals surface area contributed by atoms with Crippen molar-refractivity contribution in [1.29, 1.82) is 0 Å². The van der Waals surface area contributed by atoms with Gasteiger partial charge in [0.2, 0.25) is 5.91 Å². The fourth-order valence-corrected chi connectivity index (χ4v) is 1.70. The predicted molar refractivity (Wildman–Crippen MR) is 72.9 cm³/mol. The molecule has 3 N–H and O–H groups in total. The Morgan fingerprint density at radius 1 is 1.26 bits per heavy atom. The molecule has 1 aromatic carbocycles. The number of carboxylic acids is 1. The van der Waals surface area contributed by atoms with Crippen molar-refractivity contribution in [2.45, 2.75) is 25.8 Å². The van der Waals surface area contributed by atoms with Crippen LogP contribution in [0.3, 0.4) is 0 Å². The van der Waals surface area contributed by atoms with Crippen LogP contribution in [0.15, 0.2) is 30.3 Å². The molecule has 1 aromatic rings. The summed E-state index contributed by atoms with van der Waals surface area (Å²) in [5.41, 5.74) is 0.891. The molecule has 0 unspecified atom stereocenters. The summed E-state index contributed by atoms with van der Waals surface area (Å²) in [5.74, 6) is -1.26. The summed E-state index contributed by atoms with van der Waals surface area (Å²) in [6, 6.07) is 8.38. The molecule has 0 saturated heterocycles. The third-order valence-corrected chi connectivity index (χ3v) is 2.69. The zero-order chi connectivity index (χ0) is 14.1. The molecule has 0 aliphatic heterocycles. The van der Waals surface area contributed by atoms with E-state index >= 15 is 0 Å². The number of hydrogen-bond donors (Lipinski definition) is 3. The molecular formula is C14H20N2O3. The second-order valence-corrected chi connectivity index (χ2v) is 4.25. The van der Waals surface area contributed by atoms with E-state index in [1.165, 1.54) is 0 Å². The lowest BCUT2D eigenvalue weighted by atomic mass is 10.1. The Bertz CT molecular complexity index is 406. The molecule has 5 nitrogen and oxygen atoms in total. The third-order valence-electron chi connectivity index (χ3n) is 2.69. The number of aliphatic carboxylic acids is 1. The number of carboxylic acid groups (broad SMARTS) is 1. The van der Waals surface area contributed by atoms with E-state index < -0.39 is 12.0 Å². The van der Waals surface area contributed by atoms with Crippen LogP contribution in [0, 0.1) is 0 Å². The van der Waals surface area contributed by atoms with E-state index in [0.717, 1.165) is 12.1 Å². The summed E-state index contributed by atoms with van der Waals surface area (Å²) in [6.07, 6.45) is 0.579. The SMILES string of the molecule is CCNCCC(=O)N[C@H](Cc1ccccc1)C(=O)O. The van der Waals surface area contributed by atoms with Crippen molar-refractivity contribution < 1.29 is 14.7 Å². The third kappa shape index (κ3) is 6.01. The molecule has 1 atom stereocenters. The largest absolute Gasteiger partial charge is 0.480 e. The molecule has 1 amide bonds. The van der Waals surface area contributed by atoms with E-state index in [4.69, 9.17) is 5.11 Å². The van der Waals surface area contributed by atoms with Crippen molar-refractivity contribution in [1.82, 2.24) is 10.6 Å². The molecule has 1 rings (SSSR count). The lowest BCUT2D eigenvalue weighted by Crippen LogP contribution is -2.43. The summed E-state index contributed by atoms with van der Waals surface area (Å²) < 4.78 is 0. The van der Waals surface area contributed by atoms with Gasteiger partial charge in [0.15, 0.2) is 0 Å². The summed E-state index contributed by atoms with van der Waals surface area (Å²) in [5, 5.41) is 14.7. The maximum Gasteiger partial charge on any atom is 0.326 e. The van der Waals surface area contributed by atoms with Crippen LogP contribution in [0.25, 0.3) is 0 Å². The number of carbonyl (C=O) groups is 2. The van der Waals surface area contributed by atoms with Gasteiger partial charge >= 0.3 is 5.97 Å². The fourth-order valence-electron chi connectivity index (χ4n) is 1.70. The molecule has 0 aliphatic rings. The number of amides is 1. The minimum atomic E-state index is -1.01. The van der Waals surface area contributed by atoms with Crippen LogP contribution in [0.2, 0.25) is 0 Å². The molecule has 0 aromatic heterocycles. The molecule has 0 spiro atoms. The van der Waals surface area contributed by atoms with Crippen molar-refractivity contribution in [2.24, 2.45) is 0 Å². The zero-order valence-electron chi connectivity index (χ0n) is 11.1. The van der Waals surface area contributed by atoms with Gasteiger partial charge in [-0.05, 0) is 12.1 Å². The van der Waals surface area contributed by atoms with Gasteiger partial charge in [0.1, 0.15) is 6.04 Å². The lowest BCUT2D eigenvalue weighted by Gasteiger charge is -2.14. The molecule has 5 heteroatoms. The fraction of sp³-hybridized carbons (Fsp3) is 0.429. The standard InChI is InChI=1S/C14H20N2O3/c1-2-15-9-8-13(17)16-12(14(18)19)10-11-6-4-3-5-7-11/h3-7,12,15H,2,8-10H2,1H3,(H,16,17)(H,18,19)/t12-/m1/s1. The average molecular weight is 264 g/mol. The van der Waals surface area contributed by atoms with Crippen LogP contribution in [0.5, 0.6) is 0 Å². The van der Waals surface area contributed by atoms with E-state index in [-0.39, 0.29) is 12.3 Å². The predicted octanol–water partition coefficient (Wildman–Crippen LogP) is 0.798. The molecule has 19 heavy (non-hydrogen) atoms. The maximum atomic E-state index is 11.6. The molecular weight excluding hydrogens is 244 g/mol. The Labute approximate surface area is 113 Å². The summed E-state index contributed by atoms with van der Waals surface area (Å²) in [7, 11) is 0. The number of carbonyl (C=O) groups excluding carboxylic acids is 1. The highest BCUT2D eigenvalue weighted by atomic mass is 16.4. The van der Waals surface area contributed by atoms with Gasteiger partial charge in [0.25, 0.3) is 0 Å². The number of hydrogen-bond acceptors (Lipinski definition) is 3. The van der Waals surface area contributed by atoms with Crippen LogP contribution >= 0.6 is 0 Å². The summed E-state index contributed by atoms with van der Waals surface area (Å²) in [4.78, 5) is 22.7. The van der Waals surface area contributed by atoms with Gasteiger partial charge < -0.3 is 15.7 Å². The zero-order valence-corrected chi connectivity index (χ0v) is 11.1. The van der Waals surface area contributed by atoms with Gasteiger partial charge in [0, 0.05) is 19.4 Å². The second-order valence-electron chi connectivity index (χ2n) is 4.25. The van der Waals surface area contributed by atoms with E-state index in [1.807, 2.05) is 37.3 Å². The van der Waals surface area contributed by atoms with Crippen molar-refractivity contribution in [3.05, 3.63) is 35.9 Å². The first-order chi connectivity index (χ1) is 9.13. The van der Waals surface area contributed by atoms with Crippen LogP contribution in [0.1, 0.15) is 18.9 Å². The summed E-state index contributed by atoms with van der Waals surface area (Å²) >= 11 is 0. The molecule has 0 bridgehead atoms. The first-order valence-electron chi connectivity index (χ1n) is 6.40. The number of rotatable bonds is 8. The van der Waals surface area contributed by atoms with E-state index in [9.17, 15) is 9.59 Å². The van der Waals surface area contributed by atoms with E-state index in [0.29, 0.717) is 13.0 Å². The topological polar surface area (TPSA) is 78.4 Å². The van der Waals surface area contributed by atoms with Crippen molar-refractivity contribution in [2.75, 3.05) is 13.1 Å². The van der Waals surface area contributed by atoms with Crippen LogP contribution in [-0.2, 0) is 16.0 Å². The van der Waals surface area contributed by atoms with Gasteiger partial charge in [-0.3, -0.25) is 4.79 Å². The lowest BCUT2D eigenvalue weighted by molar-refractivity contribution is -0.141. The Kier molecular flexibility index (Phi) is 6.60. The summed E-state index contributed by atoms with van der Waals surface area (Å²) in [6.45, 7) is 3.30. The first-order valence-corrected chi connectivity index (χ1v) is 6.40. The quantitative estimate of drug-likeness (QED) is 0.607. The smallest absolute Gasteiger partial charge is 0.326 e. The van der Waals surface area contributed by atoms with Crippen molar-refractivity contribution >= 4 is 11.9 Å². The number of nitrogens with one attached hydrogen (secondary N) is 2. The minimum absolute atomic E-state index is 0.246. The Balaban J connectivity index is 2.49. The maximum absolute atomic E-state index is 11.6. The van der Waals surface area contributed by atoms with Gasteiger partial charge in [-0.25, -0.2) is 4.79 Å². The Hall–Kier alpha value is -1.88. The highest BCUT2D eigenvalue weighted by molar-refractivity contribution is 5.83. The van der Waals surface area contributed by atoms with Crippen LogP contribution < -0.4 is 10.6 Å². The van der Waals surface area contributed by atoms with Crippen molar-refractivity contribution in [3.63, 3.8) is 0 Å². The minimum Gasteiger partial charge on any atom is -0.480 e. The second kappa shape index (κ2) is 8.26. The normalized spacial score (nSPS) is 11.8. The highest BCUT2D eigenvalue weighted by Crippen LogP contribution is 2.03. The van der Waals surface area contributed by atoms with Gasteiger partial charge in [0.05, 0.1) is 0 Å². The molecule has 0 heterocycles. The number of benzene rings is 1. The van der Waals surface area contributed by atoms with Gasteiger partial charge in [-0.15, -0.1) is 0 Å². The first kappa shape index (κ1) is 15.2. The molecule has 0 fully saturated rings.